The topological polar surface area (TPSA) is 55.6 Å². The summed E-state index contributed by atoms with van der Waals surface area (Å²) in [6.07, 6.45) is 3.26. The number of carbonyl (C=O) groups excluding carboxylic acids is 1. The minimum Gasteiger partial charge on any atom is -0.493 e. The number of hydrogen-bond donors (Lipinski definition) is 0. The molecule has 1 aromatic carbocycles. The van der Waals surface area contributed by atoms with Gasteiger partial charge in [-0.25, -0.2) is 0 Å². The zero-order valence-corrected chi connectivity index (χ0v) is 14.9. The average molecular weight is 340 g/mol. The Balaban J connectivity index is 1.36. The molecule has 1 amide bonds. The lowest BCUT2D eigenvalue weighted by Gasteiger charge is -2.17. The molecule has 0 unspecified atom stereocenters. The molecule has 132 valence electrons. The second-order valence-corrected chi connectivity index (χ2v) is 7.09. The SMILES string of the molecule is Cc1noc(C)c1CCC(=O)N1CC[C@H](c2ccc3c(c2)CCO3)C1. The van der Waals surface area contributed by atoms with E-state index in [0.29, 0.717) is 18.8 Å². The Bertz CT molecular complexity index is 777. The van der Waals surface area contributed by atoms with Crippen molar-refractivity contribution in [2.24, 2.45) is 0 Å². The summed E-state index contributed by atoms with van der Waals surface area (Å²) < 4.78 is 10.8. The highest BCUT2D eigenvalue weighted by Crippen LogP contribution is 2.33. The summed E-state index contributed by atoms with van der Waals surface area (Å²) >= 11 is 0. The van der Waals surface area contributed by atoms with E-state index >= 15 is 0 Å². The van der Waals surface area contributed by atoms with Gasteiger partial charge < -0.3 is 14.2 Å². The molecule has 1 atom stereocenters. The molecule has 5 heteroatoms. The summed E-state index contributed by atoms with van der Waals surface area (Å²) in [7, 11) is 0. The number of aryl methyl sites for hydroxylation is 2. The van der Waals surface area contributed by atoms with Gasteiger partial charge >= 0.3 is 0 Å². The van der Waals surface area contributed by atoms with Crippen LogP contribution in [0.5, 0.6) is 5.75 Å². The summed E-state index contributed by atoms with van der Waals surface area (Å²) in [4.78, 5) is 14.6. The summed E-state index contributed by atoms with van der Waals surface area (Å²) in [5.41, 5.74) is 4.61. The third-order valence-corrected chi connectivity index (χ3v) is 5.50. The number of ether oxygens (including phenoxy) is 1. The van der Waals surface area contributed by atoms with Gasteiger partial charge in [0.2, 0.25) is 5.91 Å². The zero-order chi connectivity index (χ0) is 17.4. The van der Waals surface area contributed by atoms with Gasteiger partial charge in [-0.05, 0) is 43.9 Å². The van der Waals surface area contributed by atoms with Crippen molar-refractivity contribution in [1.29, 1.82) is 0 Å². The molecule has 2 aromatic rings. The second kappa shape index (κ2) is 6.54. The minimum absolute atomic E-state index is 0.229. The molecule has 1 aromatic heterocycles. The summed E-state index contributed by atoms with van der Waals surface area (Å²) in [6, 6.07) is 6.51. The van der Waals surface area contributed by atoms with E-state index in [1.165, 1.54) is 11.1 Å². The minimum atomic E-state index is 0.229. The number of aromatic nitrogens is 1. The zero-order valence-electron chi connectivity index (χ0n) is 14.9. The number of carbonyl (C=O) groups is 1. The number of fused-ring (bicyclic) bond motifs is 1. The fraction of sp³-hybridized carbons (Fsp3) is 0.500. The van der Waals surface area contributed by atoms with Gasteiger partial charge in [0.25, 0.3) is 0 Å². The van der Waals surface area contributed by atoms with Crippen LogP contribution >= 0.6 is 0 Å². The molecule has 3 heterocycles. The maximum absolute atomic E-state index is 12.6. The van der Waals surface area contributed by atoms with E-state index in [0.717, 1.165) is 55.3 Å². The van der Waals surface area contributed by atoms with Crippen LogP contribution in [0.15, 0.2) is 22.7 Å². The first kappa shape index (κ1) is 16.2. The molecule has 4 rings (SSSR count). The van der Waals surface area contributed by atoms with Crippen LogP contribution in [0.4, 0.5) is 0 Å². The predicted octanol–water partition coefficient (Wildman–Crippen LogP) is 3.18. The summed E-state index contributed by atoms with van der Waals surface area (Å²) in [5, 5.41) is 3.96. The molecule has 1 saturated heterocycles. The van der Waals surface area contributed by atoms with Gasteiger partial charge in [0, 0.05) is 37.4 Å². The Morgan fingerprint density at radius 2 is 2.24 bits per heavy atom. The molecule has 25 heavy (non-hydrogen) atoms. The Labute approximate surface area is 147 Å². The van der Waals surface area contributed by atoms with Gasteiger partial charge in [-0.2, -0.15) is 0 Å². The third kappa shape index (κ3) is 3.15. The molecule has 0 radical (unpaired) electrons. The van der Waals surface area contributed by atoms with Crippen molar-refractivity contribution < 1.29 is 14.1 Å². The van der Waals surface area contributed by atoms with Crippen molar-refractivity contribution in [1.82, 2.24) is 10.1 Å². The van der Waals surface area contributed by atoms with Gasteiger partial charge in [0.15, 0.2) is 0 Å². The van der Waals surface area contributed by atoms with Crippen molar-refractivity contribution in [3.63, 3.8) is 0 Å². The first-order valence-corrected chi connectivity index (χ1v) is 9.07. The second-order valence-electron chi connectivity index (χ2n) is 7.09. The number of benzene rings is 1. The van der Waals surface area contributed by atoms with Gasteiger partial charge in [-0.3, -0.25) is 4.79 Å². The lowest BCUT2D eigenvalue weighted by Crippen LogP contribution is -2.28. The van der Waals surface area contributed by atoms with E-state index in [1.54, 1.807) is 0 Å². The number of hydrogen-bond acceptors (Lipinski definition) is 4. The van der Waals surface area contributed by atoms with Crippen molar-refractivity contribution in [2.75, 3.05) is 19.7 Å². The van der Waals surface area contributed by atoms with Crippen LogP contribution in [0.2, 0.25) is 0 Å². The van der Waals surface area contributed by atoms with Gasteiger partial charge in [-0.1, -0.05) is 17.3 Å². The van der Waals surface area contributed by atoms with Gasteiger partial charge in [0.05, 0.1) is 12.3 Å². The Kier molecular flexibility index (Phi) is 4.24. The smallest absolute Gasteiger partial charge is 0.222 e. The highest BCUT2D eigenvalue weighted by atomic mass is 16.5. The number of rotatable bonds is 4. The van der Waals surface area contributed by atoms with Crippen LogP contribution in [-0.4, -0.2) is 35.7 Å². The van der Waals surface area contributed by atoms with E-state index in [-0.39, 0.29) is 5.91 Å². The quantitative estimate of drug-likeness (QED) is 0.858. The van der Waals surface area contributed by atoms with Crippen molar-refractivity contribution in [3.8, 4) is 5.75 Å². The molecule has 1 fully saturated rings. The maximum atomic E-state index is 12.6. The van der Waals surface area contributed by atoms with E-state index in [2.05, 4.69) is 23.4 Å². The number of nitrogens with zero attached hydrogens (tertiary/aromatic N) is 2. The summed E-state index contributed by atoms with van der Waals surface area (Å²) in [6.45, 7) is 6.29. The molecular weight excluding hydrogens is 316 g/mol. The molecule has 2 aliphatic heterocycles. The monoisotopic (exact) mass is 340 g/mol. The van der Waals surface area contributed by atoms with Crippen LogP contribution in [0, 0.1) is 13.8 Å². The first-order valence-electron chi connectivity index (χ1n) is 9.07. The third-order valence-electron chi connectivity index (χ3n) is 5.50. The van der Waals surface area contributed by atoms with Crippen molar-refractivity contribution in [2.45, 2.75) is 45.4 Å². The predicted molar refractivity (Wildman–Crippen MR) is 93.9 cm³/mol. The van der Waals surface area contributed by atoms with Crippen LogP contribution in [-0.2, 0) is 17.6 Å². The van der Waals surface area contributed by atoms with Crippen LogP contribution in [0.25, 0.3) is 0 Å². The number of likely N-dealkylation sites (tertiary alicyclic amines) is 1. The van der Waals surface area contributed by atoms with Crippen LogP contribution in [0.3, 0.4) is 0 Å². The highest BCUT2D eigenvalue weighted by Gasteiger charge is 2.28. The summed E-state index contributed by atoms with van der Waals surface area (Å²) in [5.74, 6) is 2.51. The molecule has 2 aliphatic rings. The molecule has 5 nitrogen and oxygen atoms in total. The van der Waals surface area contributed by atoms with E-state index in [1.807, 2.05) is 18.7 Å². The van der Waals surface area contributed by atoms with Crippen LogP contribution in [0.1, 0.15) is 46.9 Å². The van der Waals surface area contributed by atoms with E-state index < -0.39 is 0 Å². The van der Waals surface area contributed by atoms with Gasteiger partial charge in [-0.15, -0.1) is 0 Å². The Morgan fingerprint density at radius 3 is 3.04 bits per heavy atom. The van der Waals surface area contributed by atoms with Gasteiger partial charge in [0.1, 0.15) is 11.5 Å². The molecular formula is C20H24N2O3. The first-order chi connectivity index (χ1) is 12.1. The lowest BCUT2D eigenvalue weighted by molar-refractivity contribution is -0.130. The van der Waals surface area contributed by atoms with Crippen LogP contribution < -0.4 is 4.74 Å². The highest BCUT2D eigenvalue weighted by molar-refractivity contribution is 5.77. The largest absolute Gasteiger partial charge is 0.493 e. The fourth-order valence-corrected chi connectivity index (χ4v) is 3.97. The Morgan fingerprint density at radius 1 is 1.36 bits per heavy atom. The van der Waals surface area contributed by atoms with Crippen molar-refractivity contribution in [3.05, 3.63) is 46.3 Å². The lowest BCUT2D eigenvalue weighted by atomic mass is 9.96. The average Bonchev–Trinajstić information content (AvgIpc) is 3.33. The van der Waals surface area contributed by atoms with E-state index in [9.17, 15) is 4.79 Å². The fourth-order valence-electron chi connectivity index (χ4n) is 3.97. The molecule has 0 saturated carbocycles. The Hall–Kier alpha value is -2.30. The maximum Gasteiger partial charge on any atom is 0.222 e. The standard InChI is InChI=1S/C20H24N2O3/c1-13-18(14(2)25-21-13)4-6-20(23)22-9-7-17(12-22)15-3-5-19-16(11-15)8-10-24-19/h3,5,11,17H,4,6-10,12H2,1-2H3/t17-/m0/s1. The molecule has 0 N–H and O–H groups in total. The normalized spacial score (nSPS) is 19.1. The molecule has 0 bridgehead atoms. The van der Waals surface area contributed by atoms with Crippen molar-refractivity contribution >= 4 is 5.91 Å². The van der Waals surface area contributed by atoms with E-state index in [4.69, 9.17) is 9.26 Å². The number of amides is 1. The molecule has 0 aliphatic carbocycles. The molecule has 0 spiro atoms.